The molecule has 0 amide bonds. The lowest BCUT2D eigenvalue weighted by molar-refractivity contribution is 0.0519. The molecule has 1 heterocycles. The molecule has 0 spiro atoms. The van der Waals surface area contributed by atoms with Gasteiger partial charge in [0.2, 0.25) is 0 Å². The normalized spacial score (nSPS) is 9.71. The summed E-state index contributed by atoms with van der Waals surface area (Å²) in [5, 5.41) is 8.48. The van der Waals surface area contributed by atoms with E-state index in [2.05, 4.69) is 16.4 Å². The smallest absolute Gasteiger partial charge is 0.360 e. The van der Waals surface area contributed by atoms with Crippen LogP contribution < -0.4 is 0 Å². The van der Waals surface area contributed by atoms with Gasteiger partial charge in [-0.15, -0.1) is 5.10 Å². The van der Waals surface area contributed by atoms with Crippen molar-refractivity contribution in [2.45, 2.75) is 68.9 Å². The van der Waals surface area contributed by atoms with Crippen molar-refractivity contribution in [3.05, 3.63) is 51.8 Å². The minimum Gasteiger partial charge on any atom is -0.461 e. The standard InChI is InChI=1S/C16H18ClN3O2.3C2H6/c1-4-22-16(21)15-10-20(19-18-15)9-11(2)7-13-5-6-14(17)8-12(13)3;3*1-2/h5-8,10H,4,9H2,1-3H3;3*1-2H3/b11-7+;;;. The van der Waals surface area contributed by atoms with Crippen LogP contribution in [0.15, 0.2) is 30.0 Å². The van der Waals surface area contributed by atoms with Crippen molar-refractivity contribution >= 4 is 23.6 Å². The summed E-state index contributed by atoms with van der Waals surface area (Å²) in [5.41, 5.74) is 3.52. The molecule has 1 aromatic heterocycles. The lowest BCUT2D eigenvalue weighted by atomic mass is 10.1. The number of aryl methyl sites for hydroxylation is 1. The second-order valence-corrected chi connectivity index (χ2v) is 5.45. The third kappa shape index (κ3) is 10.3. The maximum absolute atomic E-state index is 11.5. The van der Waals surface area contributed by atoms with Crippen LogP contribution in [0, 0.1) is 6.92 Å². The van der Waals surface area contributed by atoms with E-state index in [1.54, 1.807) is 17.8 Å². The first-order valence-corrected chi connectivity index (χ1v) is 10.4. The second-order valence-electron chi connectivity index (χ2n) is 5.01. The lowest BCUT2D eigenvalue weighted by Gasteiger charge is -2.04. The molecule has 0 aliphatic heterocycles. The fourth-order valence-corrected chi connectivity index (χ4v) is 2.27. The van der Waals surface area contributed by atoms with E-state index in [4.69, 9.17) is 16.3 Å². The molecule has 158 valence electrons. The summed E-state index contributed by atoms with van der Waals surface area (Å²) in [7, 11) is 0. The zero-order valence-electron chi connectivity index (χ0n) is 18.8. The highest BCUT2D eigenvalue weighted by molar-refractivity contribution is 6.30. The number of carbonyl (C=O) groups is 1. The Morgan fingerprint density at radius 1 is 1.18 bits per heavy atom. The molecule has 2 rings (SSSR count). The van der Waals surface area contributed by atoms with Crippen LogP contribution >= 0.6 is 11.6 Å². The monoisotopic (exact) mass is 409 g/mol. The average molecular weight is 410 g/mol. The Hall–Kier alpha value is -2.14. The Balaban J connectivity index is 0. The van der Waals surface area contributed by atoms with Crippen LogP contribution in [0.4, 0.5) is 0 Å². The third-order valence-electron chi connectivity index (χ3n) is 3.07. The number of nitrogens with zero attached hydrogens (tertiary/aromatic N) is 3. The number of halogens is 1. The highest BCUT2D eigenvalue weighted by atomic mass is 35.5. The van der Waals surface area contributed by atoms with E-state index in [1.807, 2.05) is 73.6 Å². The molecule has 0 aliphatic rings. The van der Waals surface area contributed by atoms with E-state index in [0.717, 1.165) is 21.7 Å². The van der Waals surface area contributed by atoms with Crippen LogP contribution in [0.25, 0.3) is 6.08 Å². The number of carbonyl (C=O) groups excluding carboxylic acids is 1. The van der Waals surface area contributed by atoms with E-state index in [9.17, 15) is 4.79 Å². The zero-order valence-corrected chi connectivity index (χ0v) is 19.6. The maximum Gasteiger partial charge on any atom is 0.360 e. The molecule has 0 N–H and O–H groups in total. The van der Waals surface area contributed by atoms with Crippen molar-refractivity contribution in [3.63, 3.8) is 0 Å². The lowest BCUT2D eigenvalue weighted by Crippen LogP contribution is -2.05. The minimum atomic E-state index is -0.455. The van der Waals surface area contributed by atoms with Crippen molar-refractivity contribution < 1.29 is 9.53 Å². The summed E-state index contributed by atoms with van der Waals surface area (Å²) < 4.78 is 6.50. The Morgan fingerprint density at radius 3 is 2.32 bits per heavy atom. The molecule has 0 saturated heterocycles. The van der Waals surface area contributed by atoms with Gasteiger partial charge in [-0.25, -0.2) is 9.48 Å². The minimum absolute atomic E-state index is 0.220. The van der Waals surface area contributed by atoms with Crippen LogP contribution in [-0.4, -0.2) is 27.6 Å². The van der Waals surface area contributed by atoms with Crippen LogP contribution in [0.5, 0.6) is 0 Å². The quantitative estimate of drug-likeness (QED) is 0.522. The van der Waals surface area contributed by atoms with Crippen molar-refractivity contribution in [2.75, 3.05) is 6.61 Å². The number of benzene rings is 1. The highest BCUT2D eigenvalue weighted by Crippen LogP contribution is 2.18. The molecular formula is C22H36ClN3O2. The SMILES string of the molecule is CC.CC.CC.CCOC(=O)c1cn(C/C(C)=C/c2ccc(Cl)cc2C)nn1. The molecule has 5 nitrogen and oxygen atoms in total. The summed E-state index contributed by atoms with van der Waals surface area (Å²) in [6, 6.07) is 5.77. The van der Waals surface area contributed by atoms with Crippen molar-refractivity contribution in [1.82, 2.24) is 15.0 Å². The van der Waals surface area contributed by atoms with E-state index in [-0.39, 0.29) is 5.69 Å². The van der Waals surface area contributed by atoms with Crippen molar-refractivity contribution in [2.24, 2.45) is 0 Å². The topological polar surface area (TPSA) is 57.0 Å². The fourth-order valence-electron chi connectivity index (χ4n) is 2.04. The van der Waals surface area contributed by atoms with Gasteiger partial charge in [0.25, 0.3) is 0 Å². The maximum atomic E-state index is 11.5. The van der Waals surface area contributed by atoms with Gasteiger partial charge in [-0.2, -0.15) is 0 Å². The Bertz CT molecular complexity index is 710. The largest absolute Gasteiger partial charge is 0.461 e. The summed E-state index contributed by atoms with van der Waals surface area (Å²) in [6.45, 7) is 18.6. The molecular weight excluding hydrogens is 374 g/mol. The summed E-state index contributed by atoms with van der Waals surface area (Å²) in [4.78, 5) is 11.5. The molecule has 0 radical (unpaired) electrons. The number of aromatic nitrogens is 3. The predicted octanol–water partition coefficient (Wildman–Crippen LogP) is 6.60. The van der Waals surface area contributed by atoms with Crippen LogP contribution in [-0.2, 0) is 11.3 Å². The third-order valence-corrected chi connectivity index (χ3v) is 3.30. The molecule has 0 aliphatic carbocycles. The van der Waals surface area contributed by atoms with E-state index in [0.29, 0.717) is 13.2 Å². The van der Waals surface area contributed by atoms with E-state index < -0.39 is 5.97 Å². The number of hydrogen-bond donors (Lipinski definition) is 0. The second kappa shape index (κ2) is 17.0. The van der Waals surface area contributed by atoms with Crippen LogP contribution in [0.2, 0.25) is 5.02 Å². The first-order chi connectivity index (χ1) is 13.5. The Labute approximate surface area is 175 Å². The Kier molecular flexibility index (Phi) is 17.0. The Morgan fingerprint density at radius 2 is 1.79 bits per heavy atom. The van der Waals surface area contributed by atoms with E-state index in [1.165, 1.54) is 0 Å². The van der Waals surface area contributed by atoms with Gasteiger partial charge in [-0.05, 0) is 44.0 Å². The molecule has 0 unspecified atom stereocenters. The summed E-state index contributed by atoms with van der Waals surface area (Å²) in [5.74, 6) is -0.455. The van der Waals surface area contributed by atoms with Gasteiger partial charge in [-0.3, -0.25) is 0 Å². The number of hydrogen-bond acceptors (Lipinski definition) is 4. The van der Waals surface area contributed by atoms with Crippen LogP contribution in [0.1, 0.15) is 77.0 Å². The van der Waals surface area contributed by atoms with Crippen LogP contribution in [0.3, 0.4) is 0 Å². The fraction of sp³-hybridized carbons (Fsp3) is 0.500. The molecule has 0 saturated carbocycles. The van der Waals surface area contributed by atoms with Gasteiger partial charge in [-0.1, -0.05) is 76.1 Å². The van der Waals surface area contributed by atoms with Gasteiger partial charge >= 0.3 is 5.97 Å². The first-order valence-electron chi connectivity index (χ1n) is 10.00. The van der Waals surface area contributed by atoms with E-state index >= 15 is 0 Å². The molecule has 0 atom stereocenters. The number of allylic oxidation sites excluding steroid dienone is 1. The first kappa shape index (κ1) is 28.1. The summed E-state index contributed by atoms with van der Waals surface area (Å²) >= 11 is 5.95. The molecule has 2 aromatic rings. The number of ether oxygens (including phenoxy) is 1. The zero-order chi connectivity index (χ0) is 22.1. The summed E-state index contributed by atoms with van der Waals surface area (Å²) in [6.07, 6.45) is 3.65. The molecule has 0 fully saturated rings. The highest BCUT2D eigenvalue weighted by Gasteiger charge is 2.11. The predicted molar refractivity (Wildman–Crippen MR) is 120 cm³/mol. The van der Waals surface area contributed by atoms with Gasteiger partial charge < -0.3 is 4.74 Å². The molecule has 6 heteroatoms. The van der Waals surface area contributed by atoms with Gasteiger partial charge in [0.1, 0.15) is 0 Å². The van der Waals surface area contributed by atoms with Crippen molar-refractivity contribution in [3.8, 4) is 0 Å². The van der Waals surface area contributed by atoms with Crippen molar-refractivity contribution in [1.29, 1.82) is 0 Å². The molecule has 1 aromatic carbocycles. The number of esters is 1. The molecule has 0 bridgehead atoms. The number of rotatable bonds is 5. The molecule has 28 heavy (non-hydrogen) atoms. The van der Waals surface area contributed by atoms with Gasteiger partial charge in [0, 0.05) is 5.02 Å². The average Bonchev–Trinajstić information content (AvgIpc) is 3.17. The van der Waals surface area contributed by atoms with Gasteiger partial charge in [0.15, 0.2) is 5.69 Å². The van der Waals surface area contributed by atoms with Gasteiger partial charge in [0.05, 0.1) is 19.3 Å².